The minimum atomic E-state index is -0.670. The molecule has 2 rings (SSSR count). The second kappa shape index (κ2) is 6.16. The summed E-state index contributed by atoms with van der Waals surface area (Å²) in [6.45, 7) is 4.11. The van der Waals surface area contributed by atoms with Crippen LogP contribution in [0.3, 0.4) is 0 Å². The molecule has 0 saturated carbocycles. The number of benzene rings is 2. The maximum atomic E-state index is 11.5. The van der Waals surface area contributed by atoms with E-state index in [4.69, 9.17) is 5.53 Å². The van der Waals surface area contributed by atoms with Crippen molar-refractivity contribution in [2.75, 3.05) is 7.11 Å². The maximum Gasteiger partial charge on any atom is 0.422 e. The molecule has 0 bridgehead atoms. The standard InChI is InChI=1S/C17H16N2O2/c1-11-8-12(2)10-15(9-11)13-4-6-14(7-5-13)16(19-18)17(20)21-3/h4-10H,1-3H3. The zero-order chi connectivity index (χ0) is 15.4. The molecule has 0 fully saturated rings. The van der Waals surface area contributed by atoms with E-state index in [1.807, 2.05) is 12.1 Å². The summed E-state index contributed by atoms with van der Waals surface area (Å²) in [5.41, 5.74) is 13.9. The molecule has 106 valence electrons. The number of carbonyl (C=O) groups is 1. The van der Waals surface area contributed by atoms with Crippen molar-refractivity contribution < 1.29 is 14.3 Å². The lowest BCUT2D eigenvalue weighted by Crippen LogP contribution is -2.18. The summed E-state index contributed by atoms with van der Waals surface area (Å²) >= 11 is 0. The highest BCUT2D eigenvalue weighted by atomic mass is 16.5. The summed E-state index contributed by atoms with van der Waals surface area (Å²) in [6, 6.07) is 13.6. The molecule has 0 aromatic heterocycles. The van der Waals surface area contributed by atoms with Gasteiger partial charge >= 0.3 is 11.7 Å². The number of nitrogens with zero attached hydrogens (tertiary/aromatic N) is 2. The van der Waals surface area contributed by atoms with Gasteiger partial charge in [-0.1, -0.05) is 41.5 Å². The average molecular weight is 280 g/mol. The van der Waals surface area contributed by atoms with Crippen molar-refractivity contribution in [2.45, 2.75) is 13.8 Å². The van der Waals surface area contributed by atoms with Gasteiger partial charge in [-0.05, 0) is 37.1 Å². The molecule has 0 radical (unpaired) electrons. The summed E-state index contributed by atoms with van der Waals surface area (Å²) in [5.74, 6) is -0.670. The predicted octanol–water partition coefficient (Wildman–Crippen LogP) is 3.16. The van der Waals surface area contributed by atoms with E-state index in [-0.39, 0.29) is 5.71 Å². The zero-order valence-electron chi connectivity index (χ0n) is 12.3. The lowest BCUT2D eigenvalue weighted by atomic mass is 9.99. The van der Waals surface area contributed by atoms with Crippen LogP contribution in [0.4, 0.5) is 0 Å². The van der Waals surface area contributed by atoms with Gasteiger partial charge in [-0.15, -0.1) is 0 Å². The third-order valence-electron chi connectivity index (χ3n) is 3.19. The molecule has 4 heteroatoms. The minimum Gasteiger partial charge on any atom is -0.460 e. The number of carbonyl (C=O) groups excluding carboxylic acids is 1. The summed E-state index contributed by atoms with van der Waals surface area (Å²) in [6.07, 6.45) is 0. The van der Waals surface area contributed by atoms with Crippen molar-refractivity contribution in [1.82, 2.24) is 0 Å². The van der Waals surface area contributed by atoms with Crippen LogP contribution in [-0.2, 0) is 9.53 Å². The van der Waals surface area contributed by atoms with E-state index in [2.05, 4.69) is 41.6 Å². The molecule has 0 heterocycles. The fourth-order valence-corrected chi connectivity index (χ4v) is 2.27. The molecule has 0 aliphatic heterocycles. The van der Waals surface area contributed by atoms with Crippen molar-refractivity contribution in [1.29, 1.82) is 0 Å². The number of hydrogen-bond donors (Lipinski definition) is 0. The highest BCUT2D eigenvalue weighted by Crippen LogP contribution is 2.22. The minimum absolute atomic E-state index is 0.107. The van der Waals surface area contributed by atoms with Gasteiger partial charge in [0, 0.05) is 0 Å². The Balaban J connectivity index is 2.39. The molecule has 4 nitrogen and oxygen atoms in total. The van der Waals surface area contributed by atoms with Gasteiger partial charge in [-0.25, -0.2) is 4.79 Å². The molecule has 0 atom stereocenters. The molecular formula is C17H16N2O2. The number of ether oxygens (including phenoxy) is 1. The van der Waals surface area contributed by atoms with E-state index < -0.39 is 5.97 Å². The Morgan fingerprint density at radius 2 is 1.57 bits per heavy atom. The van der Waals surface area contributed by atoms with E-state index in [1.54, 1.807) is 12.1 Å². The molecule has 21 heavy (non-hydrogen) atoms. The normalized spacial score (nSPS) is 9.86. The summed E-state index contributed by atoms with van der Waals surface area (Å²) in [5, 5.41) is 0. The molecule has 2 aromatic carbocycles. The number of aryl methyl sites for hydroxylation is 2. The van der Waals surface area contributed by atoms with Gasteiger partial charge in [0.25, 0.3) is 0 Å². The average Bonchev–Trinajstić information content (AvgIpc) is 2.47. The molecule has 2 aromatic rings. The van der Waals surface area contributed by atoms with E-state index in [0.717, 1.165) is 11.1 Å². The van der Waals surface area contributed by atoms with Crippen LogP contribution in [0.25, 0.3) is 16.7 Å². The highest BCUT2D eigenvalue weighted by molar-refractivity contribution is 6.40. The first kappa shape index (κ1) is 14.7. The van der Waals surface area contributed by atoms with E-state index in [1.165, 1.54) is 18.2 Å². The monoisotopic (exact) mass is 280 g/mol. The number of rotatable bonds is 3. The van der Waals surface area contributed by atoms with Crippen LogP contribution < -0.4 is 0 Å². The molecule has 0 unspecified atom stereocenters. The molecule has 0 spiro atoms. The van der Waals surface area contributed by atoms with Gasteiger partial charge < -0.3 is 10.3 Å². The largest absolute Gasteiger partial charge is 0.460 e. The van der Waals surface area contributed by atoms with Gasteiger partial charge in [-0.2, -0.15) is 4.79 Å². The lowest BCUT2D eigenvalue weighted by molar-refractivity contribution is -0.137. The van der Waals surface area contributed by atoms with Crippen LogP contribution in [0.15, 0.2) is 42.5 Å². The summed E-state index contributed by atoms with van der Waals surface area (Å²) in [7, 11) is 1.25. The third-order valence-corrected chi connectivity index (χ3v) is 3.19. The Hall–Kier alpha value is -2.71. The van der Waals surface area contributed by atoms with Crippen LogP contribution >= 0.6 is 0 Å². The zero-order valence-corrected chi connectivity index (χ0v) is 12.3. The van der Waals surface area contributed by atoms with E-state index in [0.29, 0.717) is 5.56 Å². The van der Waals surface area contributed by atoms with Crippen molar-refractivity contribution in [3.8, 4) is 11.1 Å². The van der Waals surface area contributed by atoms with Crippen LogP contribution in [0.1, 0.15) is 16.7 Å². The van der Waals surface area contributed by atoms with Crippen LogP contribution in [0.2, 0.25) is 0 Å². The van der Waals surface area contributed by atoms with Crippen molar-refractivity contribution in [3.63, 3.8) is 0 Å². The Kier molecular flexibility index (Phi) is 4.31. The van der Waals surface area contributed by atoms with Gasteiger partial charge in [0.1, 0.15) is 0 Å². The number of esters is 1. The Morgan fingerprint density at radius 3 is 2.05 bits per heavy atom. The van der Waals surface area contributed by atoms with Crippen molar-refractivity contribution in [2.24, 2.45) is 0 Å². The van der Waals surface area contributed by atoms with Gasteiger partial charge in [0.15, 0.2) is 0 Å². The van der Waals surface area contributed by atoms with Crippen LogP contribution in [-0.4, -0.2) is 23.6 Å². The predicted molar refractivity (Wildman–Crippen MR) is 81.1 cm³/mol. The van der Waals surface area contributed by atoms with Crippen molar-refractivity contribution in [3.05, 3.63) is 64.7 Å². The number of hydrogen-bond acceptors (Lipinski definition) is 2. The molecular weight excluding hydrogens is 264 g/mol. The second-order valence-electron chi connectivity index (χ2n) is 4.89. The first-order chi connectivity index (χ1) is 10.0. The van der Waals surface area contributed by atoms with Gasteiger partial charge in [0.2, 0.25) is 0 Å². The molecule has 0 aliphatic rings. The first-order valence-corrected chi connectivity index (χ1v) is 6.54. The lowest BCUT2D eigenvalue weighted by Gasteiger charge is -2.05. The molecule has 0 aliphatic carbocycles. The van der Waals surface area contributed by atoms with E-state index >= 15 is 0 Å². The smallest absolute Gasteiger partial charge is 0.422 e. The van der Waals surface area contributed by atoms with Crippen LogP contribution in [0.5, 0.6) is 0 Å². The Bertz CT molecular complexity index is 707. The van der Waals surface area contributed by atoms with Crippen molar-refractivity contribution >= 4 is 11.7 Å². The van der Waals surface area contributed by atoms with Gasteiger partial charge in [0.05, 0.1) is 12.7 Å². The fourth-order valence-electron chi connectivity index (χ4n) is 2.27. The molecule has 0 N–H and O–H groups in total. The first-order valence-electron chi connectivity index (χ1n) is 6.54. The Labute approximate surface area is 123 Å². The summed E-state index contributed by atoms with van der Waals surface area (Å²) in [4.78, 5) is 14.5. The molecule has 0 saturated heterocycles. The van der Waals surface area contributed by atoms with Gasteiger partial charge in [-0.3, -0.25) is 0 Å². The highest BCUT2D eigenvalue weighted by Gasteiger charge is 2.23. The molecule has 0 amide bonds. The SMILES string of the molecule is COC(=O)C(=[N+]=[N-])c1ccc(-c2cc(C)cc(C)c2)cc1. The fraction of sp³-hybridized carbons (Fsp3) is 0.176. The quantitative estimate of drug-likeness (QED) is 0.375. The number of methoxy groups -OCH3 is 1. The Morgan fingerprint density at radius 1 is 1.00 bits per heavy atom. The maximum absolute atomic E-state index is 11.5. The van der Waals surface area contributed by atoms with Crippen LogP contribution in [0, 0.1) is 13.8 Å². The topological polar surface area (TPSA) is 62.7 Å². The second-order valence-corrected chi connectivity index (χ2v) is 4.89. The summed E-state index contributed by atoms with van der Waals surface area (Å²) < 4.78 is 4.57. The van der Waals surface area contributed by atoms with E-state index in [9.17, 15) is 4.79 Å². The third kappa shape index (κ3) is 3.25.